The number of methoxy groups -OCH3 is 1. The van der Waals surface area contributed by atoms with Crippen molar-refractivity contribution in [3.05, 3.63) is 29.3 Å². The summed E-state index contributed by atoms with van der Waals surface area (Å²) in [6, 6.07) is 2.00. The van der Waals surface area contributed by atoms with E-state index in [1.54, 1.807) is 19.3 Å². The number of rotatable bonds is 6. The van der Waals surface area contributed by atoms with Gasteiger partial charge in [-0.15, -0.1) is 0 Å². The highest BCUT2D eigenvalue weighted by molar-refractivity contribution is 5.90. The lowest BCUT2D eigenvalue weighted by Crippen LogP contribution is -2.07. The standard InChI is InChI=1S/C17H22O4/c1-5-7-13(18)8-11(3)15-12(6-2)9-14-16(17(15)19-4)21-10-20-14/h5,7,9,11H,6,8,10H2,1-4H3. The SMILES string of the molecule is CC=CC(=O)CC(C)c1c(CC)cc2c(c1OC)OCO2. The molecule has 0 saturated carbocycles. The maximum Gasteiger partial charge on any atom is 0.231 e. The van der Waals surface area contributed by atoms with E-state index < -0.39 is 0 Å². The van der Waals surface area contributed by atoms with Crippen molar-refractivity contribution in [1.82, 2.24) is 0 Å². The Labute approximate surface area is 125 Å². The molecule has 1 atom stereocenters. The fraction of sp³-hybridized carbons (Fsp3) is 0.471. The first-order chi connectivity index (χ1) is 10.1. The molecular formula is C17H22O4. The molecule has 2 rings (SSSR count). The van der Waals surface area contributed by atoms with Gasteiger partial charge in [-0.3, -0.25) is 4.79 Å². The van der Waals surface area contributed by atoms with Crippen LogP contribution in [0.25, 0.3) is 0 Å². The van der Waals surface area contributed by atoms with E-state index in [1.165, 1.54) is 0 Å². The van der Waals surface area contributed by atoms with Crippen LogP contribution in [0.3, 0.4) is 0 Å². The minimum Gasteiger partial charge on any atom is -0.492 e. The van der Waals surface area contributed by atoms with Crippen LogP contribution in [-0.2, 0) is 11.2 Å². The monoisotopic (exact) mass is 290 g/mol. The van der Waals surface area contributed by atoms with Gasteiger partial charge in [0.2, 0.25) is 12.5 Å². The third-order valence-electron chi connectivity index (χ3n) is 3.68. The van der Waals surface area contributed by atoms with Gasteiger partial charge in [-0.25, -0.2) is 0 Å². The third-order valence-corrected chi connectivity index (χ3v) is 3.68. The van der Waals surface area contributed by atoms with Gasteiger partial charge >= 0.3 is 0 Å². The molecule has 0 fully saturated rings. The van der Waals surface area contributed by atoms with Crippen molar-refractivity contribution < 1.29 is 19.0 Å². The van der Waals surface area contributed by atoms with E-state index in [9.17, 15) is 4.79 Å². The first-order valence-electron chi connectivity index (χ1n) is 7.27. The molecular weight excluding hydrogens is 268 g/mol. The summed E-state index contributed by atoms with van der Waals surface area (Å²) in [7, 11) is 1.63. The summed E-state index contributed by atoms with van der Waals surface area (Å²) in [5.74, 6) is 2.25. The molecule has 0 bridgehead atoms. The van der Waals surface area contributed by atoms with E-state index in [0.29, 0.717) is 17.9 Å². The van der Waals surface area contributed by atoms with Gasteiger partial charge in [-0.05, 0) is 37.0 Å². The highest BCUT2D eigenvalue weighted by Crippen LogP contribution is 2.48. The van der Waals surface area contributed by atoms with Crippen molar-refractivity contribution in [3.8, 4) is 17.2 Å². The zero-order valence-electron chi connectivity index (χ0n) is 13.1. The number of fused-ring (bicyclic) bond motifs is 1. The van der Waals surface area contributed by atoms with Crippen molar-refractivity contribution >= 4 is 5.78 Å². The van der Waals surface area contributed by atoms with Crippen LogP contribution in [0.2, 0.25) is 0 Å². The quantitative estimate of drug-likeness (QED) is 0.751. The number of ketones is 1. The fourth-order valence-electron chi connectivity index (χ4n) is 2.77. The molecule has 1 aliphatic heterocycles. The Morgan fingerprint density at radius 2 is 2.24 bits per heavy atom. The number of carbonyl (C=O) groups excluding carboxylic acids is 1. The van der Waals surface area contributed by atoms with E-state index in [0.717, 1.165) is 23.3 Å². The van der Waals surface area contributed by atoms with Gasteiger partial charge in [0.1, 0.15) is 0 Å². The zero-order valence-corrected chi connectivity index (χ0v) is 13.1. The first kappa shape index (κ1) is 15.4. The summed E-state index contributed by atoms with van der Waals surface area (Å²) < 4.78 is 16.5. The molecule has 1 aromatic carbocycles. The second-order valence-electron chi connectivity index (χ2n) is 5.14. The topological polar surface area (TPSA) is 44.8 Å². The van der Waals surface area contributed by atoms with Gasteiger partial charge in [-0.2, -0.15) is 0 Å². The maximum absolute atomic E-state index is 11.9. The number of allylic oxidation sites excluding steroid dienone is 2. The van der Waals surface area contributed by atoms with Gasteiger partial charge in [0.25, 0.3) is 0 Å². The molecule has 21 heavy (non-hydrogen) atoms. The normalized spacial score (nSPS) is 14.5. The Balaban J connectivity index is 2.43. The van der Waals surface area contributed by atoms with Gasteiger partial charge in [0.05, 0.1) is 7.11 Å². The molecule has 1 unspecified atom stereocenters. The van der Waals surface area contributed by atoms with E-state index in [-0.39, 0.29) is 18.5 Å². The Kier molecular flexibility index (Phi) is 4.89. The Morgan fingerprint density at radius 3 is 2.86 bits per heavy atom. The maximum atomic E-state index is 11.9. The molecule has 0 radical (unpaired) electrons. The van der Waals surface area contributed by atoms with Crippen LogP contribution in [0.4, 0.5) is 0 Å². The lowest BCUT2D eigenvalue weighted by atomic mass is 9.89. The van der Waals surface area contributed by atoms with Crippen molar-refractivity contribution in [2.75, 3.05) is 13.9 Å². The number of benzene rings is 1. The Hall–Kier alpha value is -1.97. The lowest BCUT2D eigenvalue weighted by molar-refractivity contribution is -0.114. The van der Waals surface area contributed by atoms with Gasteiger partial charge in [0.15, 0.2) is 17.3 Å². The number of aryl methyl sites for hydroxylation is 1. The van der Waals surface area contributed by atoms with Crippen molar-refractivity contribution in [2.24, 2.45) is 0 Å². The minimum atomic E-state index is 0.0631. The van der Waals surface area contributed by atoms with E-state index in [1.807, 2.05) is 19.9 Å². The fourth-order valence-corrected chi connectivity index (χ4v) is 2.77. The van der Waals surface area contributed by atoms with Crippen LogP contribution in [-0.4, -0.2) is 19.7 Å². The van der Waals surface area contributed by atoms with Crippen molar-refractivity contribution in [3.63, 3.8) is 0 Å². The molecule has 0 amide bonds. The molecule has 0 aliphatic carbocycles. The first-order valence-corrected chi connectivity index (χ1v) is 7.27. The zero-order chi connectivity index (χ0) is 15.4. The molecule has 4 heteroatoms. The van der Waals surface area contributed by atoms with Crippen LogP contribution in [0, 0.1) is 0 Å². The van der Waals surface area contributed by atoms with Gasteiger partial charge in [-0.1, -0.05) is 19.9 Å². The van der Waals surface area contributed by atoms with Gasteiger partial charge in [0, 0.05) is 12.0 Å². The number of hydrogen-bond donors (Lipinski definition) is 0. The van der Waals surface area contributed by atoms with Crippen molar-refractivity contribution in [2.45, 2.75) is 39.5 Å². The van der Waals surface area contributed by atoms with Crippen LogP contribution >= 0.6 is 0 Å². The predicted octanol–water partition coefficient (Wildman–Crippen LogP) is 3.63. The van der Waals surface area contributed by atoms with Crippen LogP contribution < -0.4 is 14.2 Å². The Morgan fingerprint density at radius 1 is 1.48 bits per heavy atom. The van der Waals surface area contributed by atoms with E-state index in [4.69, 9.17) is 14.2 Å². The smallest absolute Gasteiger partial charge is 0.231 e. The Bertz CT molecular complexity index is 560. The van der Waals surface area contributed by atoms with Crippen molar-refractivity contribution in [1.29, 1.82) is 0 Å². The summed E-state index contributed by atoms with van der Waals surface area (Å²) in [5.41, 5.74) is 2.18. The highest BCUT2D eigenvalue weighted by Gasteiger charge is 2.27. The predicted molar refractivity (Wildman–Crippen MR) is 81.3 cm³/mol. The average Bonchev–Trinajstić information content (AvgIpc) is 2.93. The second-order valence-corrected chi connectivity index (χ2v) is 5.14. The minimum absolute atomic E-state index is 0.0631. The highest BCUT2D eigenvalue weighted by atomic mass is 16.7. The number of hydrogen-bond acceptors (Lipinski definition) is 4. The summed E-state index contributed by atoms with van der Waals surface area (Å²) in [5, 5.41) is 0. The molecule has 0 saturated heterocycles. The molecule has 1 heterocycles. The summed E-state index contributed by atoms with van der Waals surface area (Å²) >= 11 is 0. The molecule has 1 aliphatic rings. The lowest BCUT2D eigenvalue weighted by Gasteiger charge is -2.20. The van der Waals surface area contributed by atoms with E-state index >= 15 is 0 Å². The number of carbonyl (C=O) groups is 1. The van der Waals surface area contributed by atoms with Crippen LogP contribution in [0.15, 0.2) is 18.2 Å². The summed E-state index contributed by atoms with van der Waals surface area (Å²) in [6.07, 6.45) is 4.69. The number of ether oxygens (including phenoxy) is 3. The van der Waals surface area contributed by atoms with Gasteiger partial charge < -0.3 is 14.2 Å². The third kappa shape index (κ3) is 3.04. The summed E-state index contributed by atoms with van der Waals surface area (Å²) in [4.78, 5) is 11.9. The van der Waals surface area contributed by atoms with Crippen LogP contribution in [0.5, 0.6) is 17.2 Å². The molecule has 1 aromatic rings. The molecule has 0 N–H and O–H groups in total. The molecule has 114 valence electrons. The average molecular weight is 290 g/mol. The second kappa shape index (κ2) is 6.66. The summed E-state index contributed by atoms with van der Waals surface area (Å²) in [6.45, 7) is 6.19. The van der Waals surface area contributed by atoms with E-state index in [2.05, 4.69) is 6.92 Å². The van der Waals surface area contributed by atoms with Crippen LogP contribution in [0.1, 0.15) is 44.2 Å². The largest absolute Gasteiger partial charge is 0.492 e. The molecule has 0 spiro atoms. The molecule has 4 nitrogen and oxygen atoms in total. The molecule has 0 aromatic heterocycles.